The highest BCUT2D eigenvalue weighted by Crippen LogP contribution is 2.27. The zero-order chi connectivity index (χ0) is 16.8. The number of hydrogen-bond donors (Lipinski definition) is 2. The van der Waals surface area contributed by atoms with Gasteiger partial charge in [0.1, 0.15) is 11.6 Å². The lowest BCUT2D eigenvalue weighted by Crippen LogP contribution is -2.37. The second-order valence-corrected chi connectivity index (χ2v) is 5.54. The molecule has 1 aromatic carbocycles. The van der Waals surface area contributed by atoms with Gasteiger partial charge >= 0.3 is 0 Å². The Morgan fingerprint density at radius 2 is 2.04 bits per heavy atom. The Morgan fingerprint density at radius 3 is 2.71 bits per heavy atom. The van der Waals surface area contributed by atoms with Gasteiger partial charge in [0.15, 0.2) is 0 Å². The highest BCUT2D eigenvalue weighted by atomic mass is 35.5. The third-order valence-electron chi connectivity index (χ3n) is 3.72. The van der Waals surface area contributed by atoms with Crippen molar-refractivity contribution in [1.29, 1.82) is 0 Å². The van der Waals surface area contributed by atoms with E-state index in [-0.39, 0.29) is 42.9 Å². The van der Waals surface area contributed by atoms with E-state index in [1.807, 2.05) is 0 Å². The van der Waals surface area contributed by atoms with E-state index in [0.717, 1.165) is 25.1 Å². The summed E-state index contributed by atoms with van der Waals surface area (Å²) in [4.78, 5) is 25.3. The van der Waals surface area contributed by atoms with Gasteiger partial charge in [-0.1, -0.05) is 6.92 Å². The van der Waals surface area contributed by atoms with Crippen molar-refractivity contribution >= 4 is 29.9 Å². The van der Waals surface area contributed by atoms with E-state index in [2.05, 4.69) is 17.6 Å². The Labute approximate surface area is 146 Å². The van der Waals surface area contributed by atoms with E-state index in [1.165, 1.54) is 11.0 Å². The Balaban J connectivity index is 0.00000288. The molecule has 5 nitrogen and oxygen atoms in total. The molecule has 0 aromatic heterocycles. The topological polar surface area (TPSA) is 61.4 Å². The van der Waals surface area contributed by atoms with Crippen LogP contribution >= 0.6 is 12.4 Å². The highest BCUT2D eigenvalue weighted by Gasteiger charge is 2.36. The average molecular weight is 362 g/mol. The molecule has 2 amide bonds. The van der Waals surface area contributed by atoms with Crippen LogP contribution in [0, 0.1) is 17.6 Å². The summed E-state index contributed by atoms with van der Waals surface area (Å²) in [5.41, 5.74) is 0.0105. The van der Waals surface area contributed by atoms with Gasteiger partial charge in [-0.2, -0.15) is 0 Å². The first-order valence-electron chi connectivity index (χ1n) is 7.76. The van der Waals surface area contributed by atoms with E-state index in [0.29, 0.717) is 13.1 Å². The molecular formula is C16H22ClF2N3O2. The molecule has 1 fully saturated rings. The van der Waals surface area contributed by atoms with Gasteiger partial charge in [-0.3, -0.25) is 9.59 Å². The normalized spacial score (nSPS) is 16.9. The predicted molar refractivity (Wildman–Crippen MR) is 90.2 cm³/mol. The molecule has 0 saturated carbocycles. The van der Waals surface area contributed by atoms with Gasteiger partial charge in [0, 0.05) is 32.1 Å². The first kappa shape index (κ1) is 20.3. The fraction of sp³-hybridized carbons (Fsp3) is 0.500. The van der Waals surface area contributed by atoms with Gasteiger partial charge in [-0.05, 0) is 25.1 Å². The lowest BCUT2D eigenvalue weighted by Gasteiger charge is -2.17. The van der Waals surface area contributed by atoms with Crippen molar-refractivity contribution in [3.05, 3.63) is 29.8 Å². The number of rotatable bonds is 7. The van der Waals surface area contributed by atoms with Crippen LogP contribution in [0.3, 0.4) is 0 Å². The highest BCUT2D eigenvalue weighted by molar-refractivity contribution is 6.00. The van der Waals surface area contributed by atoms with E-state index < -0.39 is 17.6 Å². The van der Waals surface area contributed by atoms with Crippen molar-refractivity contribution < 1.29 is 18.4 Å². The summed E-state index contributed by atoms with van der Waals surface area (Å²) in [7, 11) is 0. The van der Waals surface area contributed by atoms with E-state index in [1.54, 1.807) is 0 Å². The molecule has 1 atom stereocenters. The molecule has 1 saturated heterocycles. The van der Waals surface area contributed by atoms with Crippen LogP contribution in [-0.4, -0.2) is 38.0 Å². The Morgan fingerprint density at radius 1 is 1.29 bits per heavy atom. The minimum Gasteiger partial charge on any atom is -0.355 e. The summed E-state index contributed by atoms with van der Waals surface area (Å²) in [5, 5.41) is 5.93. The molecule has 1 unspecified atom stereocenters. The molecular weight excluding hydrogens is 340 g/mol. The monoisotopic (exact) mass is 361 g/mol. The summed E-state index contributed by atoms with van der Waals surface area (Å²) < 4.78 is 26.7. The molecule has 0 bridgehead atoms. The third kappa shape index (κ3) is 5.14. The second-order valence-electron chi connectivity index (χ2n) is 5.54. The van der Waals surface area contributed by atoms with Crippen LogP contribution in [0.25, 0.3) is 0 Å². The molecule has 8 heteroatoms. The molecule has 0 radical (unpaired) electrons. The van der Waals surface area contributed by atoms with E-state index in [9.17, 15) is 18.4 Å². The fourth-order valence-corrected chi connectivity index (χ4v) is 2.54. The molecule has 0 spiro atoms. The van der Waals surface area contributed by atoms with Crippen molar-refractivity contribution in [2.45, 2.75) is 19.8 Å². The van der Waals surface area contributed by atoms with Gasteiger partial charge in [0.25, 0.3) is 0 Å². The molecule has 2 N–H and O–H groups in total. The maximum Gasteiger partial charge on any atom is 0.227 e. The van der Waals surface area contributed by atoms with Crippen molar-refractivity contribution in [2.75, 3.05) is 31.1 Å². The molecule has 1 aromatic rings. The maximum atomic E-state index is 13.8. The summed E-state index contributed by atoms with van der Waals surface area (Å²) in [6.45, 7) is 4.19. The predicted octanol–water partition coefficient (Wildman–Crippen LogP) is 1.86. The largest absolute Gasteiger partial charge is 0.355 e. The molecule has 1 aliphatic rings. The SMILES string of the molecule is CCCNCCNC(=O)C1CC(=O)N(c2ccc(F)cc2F)C1.Cl. The molecule has 2 rings (SSSR count). The smallest absolute Gasteiger partial charge is 0.227 e. The third-order valence-corrected chi connectivity index (χ3v) is 3.72. The Kier molecular flexibility index (Phi) is 8.07. The maximum absolute atomic E-state index is 13.8. The van der Waals surface area contributed by atoms with Crippen molar-refractivity contribution in [3.63, 3.8) is 0 Å². The van der Waals surface area contributed by atoms with Crippen molar-refractivity contribution in [2.24, 2.45) is 5.92 Å². The Hall–Kier alpha value is -1.73. The standard InChI is InChI=1S/C16H21F2N3O2.ClH/c1-2-5-19-6-7-20-16(23)11-8-15(22)21(10-11)14-4-3-12(17)9-13(14)18;/h3-4,9,11,19H,2,5-8,10H2,1H3,(H,20,23);1H. The minimum atomic E-state index is -0.803. The first-order valence-corrected chi connectivity index (χ1v) is 7.76. The molecule has 1 aliphatic heterocycles. The number of carbonyl (C=O) groups excluding carboxylic acids is 2. The lowest BCUT2D eigenvalue weighted by atomic mass is 10.1. The van der Waals surface area contributed by atoms with Gasteiger partial charge in [0.2, 0.25) is 11.8 Å². The van der Waals surface area contributed by atoms with Crippen LogP contribution in [0.2, 0.25) is 0 Å². The van der Waals surface area contributed by atoms with Crippen LogP contribution in [0.4, 0.5) is 14.5 Å². The lowest BCUT2D eigenvalue weighted by molar-refractivity contribution is -0.126. The molecule has 1 heterocycles. The van der Waals surface area contributed by atoms with Crippen LogP contribution in [0.1, 0.15) is 19.8 Å². The van der Waals surface area contributed by atoms with Crippen LogP contribution in [0.5, 0.6) is 0 Å². The first-order chi connectivity index (χ1) is 11.0. The number of benzene rings is 1. The van der Waals surface area contributed by atoms with Gasteiger partial charge in [-0.25, -0.2) is 8.78 Å². The van der Waals surface area contributed by atoms with Crippen LogP contribution < -0.4 is 15.5 Å². The van der Waals surface area contributed by atoms with Crippen LogP contribution in [0.15, 0.2) is 18.2 Å². The number of nitrogens with zero attached hydrogens (tertiary/aromatic N) is 1. The number of anilines is 1. The summed E-state index contributed by atoms with van der Waals surface area (Å²) in [5.74, 6) is -2.57. The number of hydrogen-bond acceptors (Lipinski definition) is 3. The minimum absolute atomic E-state index is 0. The van der Waals surface area contributed by atoms with E-state index in [4.69, 9.17) is 0 Å². The second kappa shape index (κ2) is 9.54. The molecule has 24 heavy (non-hydrogen) atoms. The van der Waals surface area contributed by atoms with Crippen molar-refractivity contribution in [3.8, 4) is 0 Å². The van der Waals surface area contributed by atoms with Crippen LogP contribution in [-0.2, 0) is 9.59 Å². The summed E-state index contributed by atoms with van der Waals surface area (Å²) in [6, 6.07) is 3.05. The Bertz CT molecular complexity index is 586. The fourth-order valence-electron chi connectivity index (χ4n) is 2.54. The molecule has 0 aliphatic carbocycles. The van der Waals surface area contributed by atoms with Gasteiger partial charge < -0.3 is 15.5 Å². The number of nitrogens with one attached hydrogen (secondary N) is 2. The van der Waals surface area contributed by atoms with Gasteiger partial charge in [-0.15, -0.1) is 12.4 Å². The van der Waals surface area contributed by atoms with Gasteiger partial charge in [0.05, 0.1) is 11.6 Å². The molecule has 134 valence electrons. The van der Waals surface area contributed by atoms with Crippen molar-refractivity contribution in [1.82, 2.24) is 10.6 Å². The quantitative estimate of drug-likeness (QED) is 0.729. The zero-order valence-corrected chi connectivity index (χ0v) is 14.3. The zero-order valence-electron chi connectivity index (χ0n) is 13.5. The average Bonchev–Trinajstić information content (AvgIpc) is 2.89. The number of carbonyl (C=O) groups is 2. The summed E-state index contributed by atoms with van der Waals surface area (Å²) >= 11 is 0. The summed E-state index contributed by atoms with van der Waals surface area (Å²) in [6.07, 6.45) is 1.05. The van der Waals surface area contributed by atoms with E-state index >= 15 is 0 Å². The number of amides is 2. The number of halogens is 3.